The number of carbonyl (C=O) groups excluding carboxylic acids is 2. The molecular weight excluding hydrogens is 356 g/mol. The van der Waals surface area contributed by atoms with E-state index in [0.717, 1.165) is 17.2 Å². The van der Waals surface area contributed by atoms with E-state index in [9.17, 15) is 19.7 Å². The van der Waals surface area contributed by atoms with Gasteiger partial charge >= 0.3 is 5.97 Å². The van der Waals surface area contributed by atoms with Crippen molar-refractivity contribution in [1.82, 2.24) is 0 Å². The van der Waals surface area contributed by atoms with Crippen molar-refractivity contribution in [3.63, 3.8) is 0 Å². The molecular formula is C18H16N2O7. The molecule has 0 saturated carbocycles. The lowest BCUT2D eigenvalue weighted by Gasteiger charge is -2.11. The maximum absolute atomic E-state index is 12.2. The number of nitro benzene ring substituents is 1. The van der Waals surface area contributed by atoms with Gasteiger partial charge in [0, 0.05) is 11.8 Å². The van der Waals surface area contributed by atoms with Crippen molar-refractivity contribution in [1.29, 1.82) is 0 Å². The largest absolute Gasteiger partial charge is 0.454 e. The highest BCUT2D eigenvalue weighted by molar-refractivity contribution is 5.98. The van der Waals surface area contributed by atoms with Crippen molar-refractivity contribution in [3.8, 4) is 11.5 Å². The number of aryl methyl sites for hydroxylation is 1. The Balaban J connectivity index is 1.70. The maximum atomic E-state index is 12.2. The number of hydrogen-bond donors (Lipinski definition) is 1. The van der Waals surface area contributed by atoms with E-state index in [4.69, 9.17) is 14.2 Å². The Labute approximate surface area is 154 Å². The Bertz CT molecular complexity index is 940. The first kappa shape index (κ1) is 18.2. The number of ether oxygens (including phenoxy) is 3. The van der Waals surface area contributed by atoms with E-state index >= 15 is 0 Å². The van der Waals surface area contributed by atoms with Gasteiger partial charge in [0.1, 0.15) is 5.56 Å². The molecule has 0 atom stereocenters. The van der Waals surface area contributed by atoms with Crippen LogP contribution < -0.4 is 14.8 Å². The molecule has 9 nitrogen and oxygen atoms in total. The van der Waals surface area contributed by atoms with Gasteiger partial charge in [0.2, 0.25) is 6.79 Å². The second kappa shape index (κ2) is 7.32. The van der Waals surface area contributed by atoms with Crippen molar-refractivity contribution < 1.29 is 28.7 Å². The third kappa shape index (κ3) is 3.81. The average molecular weight is 372 g/mol. The fraction of sp³-hybridized carbons (Fsp3) is 0.222. The van der Waals surface area contributed by atoms with Crippen molar-refractivity contribution >= 4 is 23.3 Å². The minimum Gasteiger partial charge on any atom is -0.454 e. The third-order valence-corrected chi connectivity index (χ3v) is 4.12. The highest BCUT2D eigenvalue weighted by atomic mass is 16.7. The van der Waals surface area contributed by atoms with Gasteiger partial charge in [-0.3, -0.25) is 14.9 Å². The Morgan fingerprint density at radius 2 is 1.93 bits per heavy atom. The van der Waals surface area contributed by atoms with E-state index in [1.807, 2.05) is 19.9 Å². The summed E-state index contributed by atoms with van der Waals surface area (Å²) in [6.45, 7) is 3.08. The number of nitro groups is 1. The van der Waals surface area contributed by atoms with E-state index in [1.54, 1.807) is 12.1 Å². The molecule has 2 aromatic carbocycles. The standard InChI is InChI=1S/C18H16N2O7/c1-10-4-3-5-13(11(10)2)19-17(21)8-25-18(22)12-6-15-16(27-9-26-15)7-14(12)20(23)24/h3-7H,8-9H2,1-2H3,(H,19,21). The molecule has 140 valence electrons. The number of nitrogens with zero attached hydrogens (tertiary/aromatic N) is 1. The molecule has 0 spiro atoms. The molecule has 3 rings (SSSR count). The molecule has 0 aliphatic carbocycles. The normalized spacial score (nSPS) is 11.8. The van der Waals surface area contributed by atoms with Gasteiger partial charge < -0.3 is 19.5 Å². The first-order valence-electron chi connectivity index (χ1n) is 7.98. The van der Waals surface area contributed by atoms with Crippen LogP contribution in [-0.2, 0) is 9.53 Å². The van der Waals surface area contributed by atoms with Gasteiger partial charge in [-0.05, 0) is 31.0 Å². The predicted octanol–water partition coefficient (Wildman–Crippen LogP) is 2.74. The maximum Gasteiger partial charge on any atom is 0.345 e. The number of anilines is 1. The van der Waals surface area contributed by atoms with Gasteiger partial charge in [0.25, 0.3) is 11.6 Å². The van der Waals surface area contributed by atoms with Crippen molar-refractivity contribution in [3.05, 3.63) is 57.1 Å². The zero-order valence-corrected chi connectivity index (χ0v) is 14.6. The Kier molecular flexibility index (Phi) is 4.93. The van der Waals surface area contributed by atoms with Gasteiger partial charge in [-0.2, -0.15) is 0 Å². The van der Waals surface area contributed by atoms with Crippen LogP contribution in [0.4, 0.5) is 11.4 Å². The van der Waals surface area contributed by atoms with Crippen LogP contribution in [0.3, 0.4) is 0 Å². The van der Waals surface area contributed by atoms with Crippen LogP contribution in [0.1, 0.15) is 21.5 Å². The predicted molar refractivity (Wildman–Crippen MR) is 94.0 cm³/mol. The summed E-state index contributed by atoms with van der Waals surface area (Å²) in [7, 11) is 0. The monoisotopic (exact) mass is 372 g/mol. The number of carbonyl (C=O) groups is 2. The third-order valence-electron chi connectivity index (χ3n) is 4.12. The summed E-state index contributed by atoms with van der Waals surface area (Å²) in [5, 5.41) is 13.8. The first-order valence-corrected chi connectivity index (χ1v) is 7.98. The highest BCUT2D eigenvalue weighted by Gasteiger charge is 2.28. The van der Waals surface area contributed by atoms with Crippen molar-refractivity contribution in [2.45, 2.75) is 13.8 Å². The van der Waals surface area contributed by atoms with Crippen LogP contribution in [0, 0.1) is 24.0 Å². The molecule has 0 bridgehead atoms. The zero-order chi connectivity index (χ0) is 19.6. The summed E-state index contributed by atoms with van der Waals surface area (Å²) >= 11 is 0. The SMILES string of the molecule is Cc1cccc(NC(=O)COC(=O)c2cc3c(cc2[N+](=O)[O-])OCO3)c1C. The number of nitrogens with one attached hydrogen (secondary N) is 1. The van der Waals surface area contributed by atoms with E-state index in [0.29, 0.717) is 5.69 Å². The molecule has 1 heterocycles. The molecule has 1 N–H and O–H groups in total. The second-order valence-electron chi connectivity index (χ2n) is 5.85. The smallest absolute Gasteiger partial charge is 0.345 e. The molecule has 0 fully saturated rings. The highest BCUT2D eigenvalue weighted by Crippen LogP contribution is 2.38. The fourth-order valence-corrected chi connectivity index (χ4v) is 2.53. The lowest BCUT2D eigenvalue weighted by Crippen LogP contribution is -2.21. The molecule has 0 radical (unpaired) electrons. The topological polar surface area (TPSA) is 117 Å². The quantitative estimate of drug-likeness (QED) is 0.487. The average Bonchev–Trinajstić information content (AvgIpc) is 3.10. The van der Waals surface area contributed by atoms with Gasteiger partial charge in [-0.25, -0.2) is 4.79 Å². The van der Waals surface area contributed by atoms with Crippen molar-refractivity contribution in [2.24, 2.45) is 0 Å². The molecule has 2 aromatic rings. The molecule has 9 heteroatoms. The van der Waals surface area contributed by atoms with E-state index < -0.39 is 29.1 Å². The van der Waals surface area contributed by atoms with Crippen LogP contribution in [0.2, 0.25) is 0 Å². The number of benzene rings is 2. The summed E-state index contributed by atoms with van der Waals surface area (Å²) in [5.74, 6) is -1.19. The molecule has 0 aromatic heterocycles. The number of rotatable bonds is 5. The van der Waals surface area contributed by atoms with E-state index in [2.05, 4.69) is 5.32 Å². The van der Waals surface area contributed by atoms with Gasteiger partial charge in [0.15, 0.2) is 18.1 Å². The number of amides is 1. The number of esters is 1. The minimum absolute atomic E-state index is 0.0940. The molecule has 0 saturated heterocycles. The van der Waals surface area contributed by atoms with Crippen LogP contribution in [0.5, 0.6) is 11.5 Å². The summed E-state index contributed by atoms with van der Waals surface area (Å²) in [6.07, 6.45) is 0. The lowest BCUT2D eigenvalue weighted by molar-refractivity contribution is -0.385. The summed E-state index contributed by atoms with van der Waals surface area (Å²) in [5.41, 5.74) is 1.69. The summed E-state index contributed by atoms with van der Waals surface area (Å²) in [6, 6.07) is 7.69. The van der Waals surface area contributed by atoms with Gasteiger partial charge in [-0.1, -0.05) is 12.1 Å². The first-order chi connectivity index (χ1) is 12.9. The van der Waals surface area contributed by atoms with E-state index in [1.165, 1.54) is 6.07 Å². The Morgan fingerprint density at radius 1 is 1.22 bits per heavy atom. The van der Waals surface area contributed by atoms with Crippen molar-refractivity contribution in [2.75, 3.05) is 18.7 Å². The molecule has 27 heavy (non-hydrogen) atoms. The second-order valence-corrected chi connectivity index (χ2v) is 5.85. The molecule has 1 aliphatic rings. The lowest BCUT2D eigenvalue weighted by atomic mass is 10.1. The van der Waals surface area contributed by atoms with Crippen LogP contribution >= 0.6 is 0 Å². The molecule has 1 amide bonds. The van der Waals surface area contributed by atoms with Gasteiger partial charge in [0.05, 0.1) is 11.0 Å². The number of hydrogen-bond acceptors (Lipinski definition) is 7. The number of fused-ring (bicyclic) bond motifs is 1. The van der Waals surface area contributed by atoms with E-state index in [-0.39, 0.29) is 23.9 Å². The minimum atomic E-state index is -1.00. The summed E-state index contributed by atoms with van der Waals surface area (Å²) in [4.78, 5) is 34.8. The van der Waals surface area contributed by atoms with Crippen LogP contribution in [-0.4, -0.2) is 30.2 Å². The van der Waals surface area contributed by atoms with Crippen LogP contribution in [0.15, 0.2) is 30.3 Å². The molecule has 0 unspecified atom stereocenters. The van der Waals surface area contributed by atoms with Gasteiger partial charge in [-0.15, -0.1) is 0 Å². The van der Waals surface area contributed by atoms with Crippen LogP contribution in [0.25, 0.3) is 0 Å². The molecule has 1 aliphatic heterocycles. The Hall–Kier alpha value is -3.62. The zero-order valence-electron chi connectivity index (χ0n) is 14.6. The summed E-state index contributed by atoms with van der Waals surface area (Å²) < 4.78 is 15.1. The Morgan fingerprint density at radius 3 is 2.63 bits per heavy atom. The fourth-order valence-electron chi connectivity index (χ4n) is 2.53.